The van der Waals surface area contributed by atoms with Crippen LogP contribution in [0.2, 0.25) is 0 Å². The predicted molar refractivity (Wildman–Crippen MR) is 98.8 cm³/mol. The van der Waals surface area contributed by atoms with E-state index in [4.69, 9.17) is 4.74 Å². The van der Waals surface area contributed by atoms with Gasteiger partial charge < -0.3 is 9.30 Å². The van der Waals surface area contributed by atoms with Crippen molar-refractivity contribution in [2.75, 3.05) is 6.61 Å². The molecule has 26 heavy (non-hydrogen) atoms. The Labute approximate surface area is 149 Å². The molecule has 0 spiro atoms. The zero-order chi connectivity index (χ0) is 18.6. The topological polar surface area (TPSA) is 75.5 Å². The van der Waals surface area contributed by atoms with Crippen molar-refractivity contribution >= 4 is 16.9 Å². The summed E-state index contributed by atoms with van der Waals surface area (Å²) in [6.07, 6.45) is 3.80. The lowest BCUT2D eigenvalue weighted by atomic mass is 10.2. The molecule has 1 saturated heterocycles. The second kappa shape index (κ2) is 5.98. The average Bonchev–Trinajstić information content (AvgIpc) is 3.31. The first kappa shape index (κ1) is 16.8. The summed E-state index contributed by atoms with van der Waals surface area (Å²) >= 11 is 0. The van der Waals surface area contributed by atoms with Crippen LogP contribution >= 0.6 is 0 Å². The number of imidazole rings is 2. The Balaban J connectivity index is 2.06. The Morgan fingerprint density at radius 3 is 2.69 bits per heavy atom. The third kappa shape index (κ3) is 2.21. The smallest absolute Gasteiger partial charge is 0.332 e. The Morgan fingerprint density at radius 2 is 2.04 bits per heavy atom. The second-order valence-corrected chi connectivity index (χ2v) is 6.88. The van der Waals surface area contributed by atoms with Gasteiger partial charge in [-0.1, -0.05) is 6.08 Å². The van der Waals surface area contributed by atoms with E-state index in [1.807, 2.05) is 18.2 Å². The van der Waals surface area contributed by atoms with Gasteiger partial charge in [0.05, 0.1) is 12.6 Å². The van der Waals surface area contributed by atoms with Gasteiger partial charge in [0.1, 0.15) is 0 Å². The first-order valence-electron chi connectivity index (χ1n) is 8.85. The van der Waals surface area contributed by atoms with Crippen LogP contribution in [0.3, 0.4) is 0 Å². The van der Waals surface area contributed by atoms with E-state index < -0.39 is 0 Å². The summed E-state index contributed by atoms with van der Waals surface area (Å²) in [6.45, 7) is 9.29. The molecule has 138 valence electrons. The van der Waals surface area contributed by atoms with E-state index in [0.29, 0.717) is 23.5 Å². The van der Waals surface area contributed by atoms with Crippen LogP contribution < -0.4 is 11.2 Å². The molecule has 3 aromatic rings. The number of rotatable bonds is 4. The Hall–Kier alpha value is -2.61. The van der Waals surface area contributed by atoms with Crippen LogP contribution in [0.1, 0.15) is 24.2 Å². The quantitative estimate of drug-likeness (QED) is 0.656. The SMILES string of the molecule is C=CCn1c(=O)c2c(nc3n(C[C@@H]4CCCO4)c(C)c(C)n23)n(C)c1=O. The minimum absolute atomic E-state index is 0.158. The van der Waals surface area contributed by atoms with Crippen molar-refractivity contribution in [2.45, 2.75) is 45.9 Å². The van der Waals surface area contributed by atoms with Crippen molar-refractivity contribution in [1.82, 2.24) is 23.1 Å². The molecule has 0 saturated carbocycles. The van der Waals surface area contributed by atoms with Gasteiger partial charge in [0.25, 0.3) is 5.56 Å². The summed E-state index contributed by atoms with van der Waals surface area (Å²) in [5.74, 6) is 0.675. The van der Waals surface area contributed by atoms with Gasteiger partial charge in [0.15, 0.2) is 11.2 Å². The van der Waals surface area contributed by atoms with E-state index in [9.17, 15) is 9.59 Å². The van der Waals surface area contributed by atoms with Crippen molar-refractivity contribution in [3.8, 4) is 0 Å². The van der Waals surface area contributed by atoms with Crippen molar-refractivity contribution < 1.29 is 4.74 Å². The monoisotopic (exact) mass is 357 g/mol. The van der Waals surface area contributed by atoms with Gasteiger partial charge in [-0.05, 0) is 26.7 Å². The molecule has 4 heterocycles. The molecule has 1 fully saturated rings. The highest BCUT2D eigenvalue weighted by atomic mass is 16.5. The maximum absolute atomic E-state index is 13.0. The highest BCUT2D eigenvalue weighted by Gasteiger charge is 2.24. The van der Waals surface area contributed by atoms with E-state index in [1.54, 1.807) is 13.1 Å². The number of aryl methyl sites for hydroxylation is 2. The van der Waals surface area contributed by atoms with Crippen LogP contribution in [-0.2, 0) is 24.9 Å². The van der Waals surface area contributed by atoms with Gasteiger partial charge in [-0.15, -0.1) is 6.58 Å². The molecular formula is C18H23N5O3. The van der Waals surface area contributed by atoms with E-state index in [1.165, 1.54) is 9.13 Å². The van der Waals surface area contributed by atoms with E-state index in [2.05, 4.69) is 16.1 Å². The molecule has 0 bridgehead atoms. The molecule has 1 aliphatic heterocycles. The van der Waals surface area contributed by atoms with E-state index >= 15 is 0 Å². The highest BCUT2D eigenvalue weighted by Crippen LogP contribution is 2.23. The summed E-state index contributed by atoms with van der Waals surface area (Å²) in [6, 6.07) is 0. The number of aromatic nitrogens is 5. The first-order chi connectivity index (χ1) is 12.5. The maximum atomic E-state index is 13.0. The third-order valence-electron chi connectivity index (χ3n) is 5.35. The van der Waals surface area contributed by atoms with Crippen molar-refractivity contribution in [2.24, 2.45) is 7.05 Å². The number of hydrogen-bond donors (Lipinski definition) is 0. The van der Waals surface area contributed by atoms with Gasteiger partial charge in [-0.2, -0.15) is 4.98 Å². The number of nitrogens with zero attached hydrogens (tertiary/aromatic N) is 5. The molecule has 3 aromatic heterocycles. The van der Waals surface area contributed by atoms with Crippen LogP contribution in [0.5, 0.6) is 0 Å². The van der Waals surface area contributed by atoms with Crippen molar-refractivity contribution in [3.63, 3.8) is 0 Å². The van der Waals surface area contributed by atoms with Gasteiger partial charge in [0, 0.05) is 31.6 Å². The highest BCUT2D eigenvalue weighted by molar-refractivity contribution is 5.76. The fraction of sp³-hybridized carbons (Fsp3) is 0.500. The summed E-state index contributed by atoms with van der Waals surface area (Å²) in [5.41, 5.74) is 2.10. The van der Waals surface area contributed by atoms with E-state index in [0.717, 1.165) is 30.8 Å². The number of fused-ring (bicyclic) bond motifs is 3. The number of allylic oxidation sites excluding steroid dienone is 1. The molecule has 0 N–H and O–H groups in total. The third-order valence-corrected chi connectivity index (χ3v) is 5.35. The van der Waals surface area contributed by atoms with Gasteiger partial charge in [-0.3, -0.25) is 18.3 Å². The summed E-state index contributed by atoms with van der Waals surface area (Å²) < 4.78 is 12.3. The maximum Gasteiger partial charge on any atom is 0.332 e. The fourth-order valence-corrected chi connectivity index (χ4v) is 3.82. The lowest BCUT2D eigenvalue weighted by Gasteiger charge is -2.12. The Morgan fingerprint density at radius 1 is 1.27 bits per heavy atom. The average molecular weight is 357 g/mol. The van der Waals surface area contributed by atoms with Crippen molar-refractivity contribution in [3.05, 3.63) is 44.9 Å². The van der Waals surface area contributed by atoms with E-state index in [-0.39, 0.29) is 23.9 Å². The molecule has 0 unspecified atom stereocenters. The standard InChI is InChI=1S/C18H23N5O3/c1-5-8-21-16(24)14-15(20(4)18(21)25)19-17-22(10-13-7-6-9-26-13)11(2)12(3)23(14)17/h5,13H,1,6-10H2,2-4H3/t13-/m0/s1. The number of ether oxygens (including phenoxy) is 1. The zero-order valence-electron chi connectivity index (χ0n) is 15.4. The normalized spacial score (nSPS) is 17.6. The number of hydrogen-bond acceptors (Lipinski definition) is 4. The van der Waals surface area contributed by atoms with Crippen molar-refractivity contribution in [1.29, 1.82) is 0 Å². The summed E-state index contributed by atoms with van der Waals surface area (Å²) in [7, 11) is 1.64. The summed E-state index contributed by atoms with van der Waals surface area (Å²) in [4.78, 5) is 30.2. The second-order valence-electron chi connectivity index (χ2n) is 6.88. The predicted octanol–water partition coefficient (Wildman–Crippen LogP) is 1.13. The molecule has 0 aromatic carbocycles. The lowest BCUT2D eigenvalue weighted by molar-refractivity contribution is 0.0974. The summed E-state index contributed by atoms with van der Waals surface area (Å²) in [5, 5.41) is 0. The van der Waals surface area contributed by atoms with Crippen LogP contribution in [-0.4, -0.2) is 35.8 Å². The van der Waals surface area contributed by atoms with Crippen LogP contribution in [0, 0.1) is 13.8 Å². The Bertz CT molecular complexity index is 1140. The molecule has 1 atom stereocenters. The van der Waals surface area contributed by atoms with Gasteiger partial charge >= 0.3 is 5.69 Å². The van der Waals surface area contributed by atoms with Gasteiger partial charge in [0.2, 0.25) is 5.78 Å². The molecule has 1 aliphatic rings. The Kier molecular flexibility index (Phi) is 3.87. The molecule has 4 rings (SSSR count). The fourth-order valence-electron chi connectivity index (χ4n) is 3.82. The molecule has 0 aliphatic carbocycles. The van der Waals surface area contributed by atoms with Crippen LogP contribution in [0.25, 0.3) is 16.9 Å². The lowest BCUT2D eigenvalue weighted by Crippen LogP contribution is -2.39. The first-order valence-corrected chi connectivity index (χ1v) is 8.85. The minimum atomic E-state index is -0.386. The van der Waals surface area contributed by atoms with Crippen LogP contribution in [0.15, 0.2) is 22.2 Å². The largest absolute Gasteiger partial charge is 0.376 e. The molecule has 8 heteroatoms. The van der Waals surface area contributed by atoms with Crippen LogP contribution in [0.4, 0.5) is 0 Å². The molecule has 0 radical (unpaired) electrons. The molecule has 8 nitrogen and oxygen atoms in total. The molecular weight excluding hydrogens is 334 g/mol. The molecule has 0 amide bonds. The van der Waals surface area contributed by atoms with Gasteiger partial charge in [-0.25, -0.2) is 4.79 Å². The minimum Gasteiger partial charge on any atom is -0.376 e. The zero-order valence-corrected chi connectivity index (χ0v) is 15.4.